The van der Waals surface area contributed by atoms with Gasteiger partial charge < -0.3 is 15.3 Å². The largest absolute Gasteiger partial charge is 0.490 e. The number of piperazine rings is 1. The predicted molar refractivity (Wildman–Crippen MR) is 69.8 cm³/mol. The summed E-state index contributed by atoms with van der Waals surface area (Å²) in [6, 6.07) is 4.40. The van der Waals surface area contributed by atoms with Gasteiger partial charge >= 0.3 is 12.1 Å². The molecule has 0 spiro atoms. The Labute approximate surface area is 127 Å². The second-order valence-corrected chi connectivity index (χ2v) is 4.41. The number of carbonyl (C=O) groups is 1. The standard InChI is InChI=1S/C11H11F2N3.C2HF3O2/c12-10-8(7-14)1-2-9(11(10)13)16-5-3-15-4-6-16;3-2(4,5)1(6)7/h1-2,15H,3-6H2;(H,6,7). The van der Waals surface area contributed by atoms with Crippen molar-refractivity contribution in [3.05, 3.63) is 29.3 Å². The van der Waals surface area contributed by atoms with Crippen LogP contribution in [0.15, 0.2) is 12.1 Å². The number of rotatable bonds is 1. The van der Waals surface area contributed by atoms with Crippen LogP contribution in [-0.2, 0) is 4.79 Å². The van der Waals surface area contributed by atoms with E-state index in [0.717, 1.165) is 13.1 Å². The molecule has 0 amide bonds. The van der Waals surface area contributed by atoms with Gasteiger partial charge in [-0.1, -0.05) is 0 Å². The van der Waals surface area contributed by atoms with Crippen LogP contribution in [0.4, 0.5) is 27.6 Å². The highest BCUT2D eigenvalue weighted by molar-refractivity contribution is 5.73. The van der Waals surface area contributed by atoms with Gasteiger partial charge in [0.1, 0.15) is 6.07 Å². The Hall–Kier alpha value is -2.41. The molecule has 0 radical (unpaired) electrons. The van der Waals surface area contributed by atoms with Crippen LogP contribution in [0.1, 0.15) is 5.56 Å². The summed E-state index contributed by atoms with van der Waals surface area (Å²) in [6.45, 7) is 2.78. The van der Waals surface area contributed by atoms with Crippen molar-refractivity contribution < 1.29 is 31.9 Å². The molecule has 0 atom stereocenters. The van der Waals surface area contributed by atoms with Crippen molar-refractivity contribution in [2.75, 3.05) is 31.1 Å². The van der Waals surface area contributed by atoms with Crippen LogP contribution in [-0.4, -0.2) is 43.4 Å². The molecule has 0 bridgehead atoms. The molecule has 126 valence electrons. The van der Waals surface area contributed by atoms with Crippen LogP contribution >= 0.6 is 0 Å². The highest BCUT2D eigenvalue weighted by Gasteiger charge is 2.38. The van der Waals surface area contributed by atoms with E-state index in [4.69, 9.17) is 15.2 Å². The van der Waals surface area contributed by atoms with Gasteiger partial charge in [-0.25, -0.2) is 13.6 Å². The zero-order valence-corrected chi connectivity index (χ0v) is 11.6. The Morgan fingerprint density at radius 3 is 2.17 bits per heavy atom. The lowest BCUT2D eigenvalue weighted by atomic mass is 10.1. The maximum atomic E-state index is 13.6. The minimum atomic E-state index is -5.08. The smallest absolute Gasteiger partial charge is 0.475 e. The molecule has 0 saturated carbocycles. The van der Waals surface area contributed by atoms with Crippen molar-refractivity contribution in [3.8, 4) is 6.07 Å². The number of aliphatic carboxylic acids is 1. The lowest BCUT2D eigenvalue weighted by Gasteiger charge is -2.29. The van der Waals surface area contributed by atoms with E-state index in [1.165, 1.54) is 12.1 Å². The average molecular weight is 337 g/mol. The van der Waals surface area contributed by atoms with Gasteiger partial charge in [-0.05, 0) is 12.1 Å². The Kier molecular flexibility index (Phi) is 6.27. The molecule has 10 heteroatoms. The fraction of sp³-hybridized carbons (Fsp3) is 0.385. The molecular formula is C13H12F5N3O2. The number of anilines is 1. The van der Waals surface area contributed by atoms with Crippen molar-refractivity contribution in [3.63, 3.8) is 0 Å². The maximum Gasteiger partial charge on any atom is 0.490 e. The van der Waals surface area contributed by atoms with Crippen LogP contribution < -0.4 is 10.2 Å². The monoisotopic (exact) mass is 337 g/mol. The molecule has 1 aromatic carbocycles. The van der Waals surface area contributed by atoms with Crippen molar-refractivity contribution in [1.82, 2.24) is 5.32 Å². The quantitative estimate of drug-likeness (QED) is 0.765. The lowest BCUT2D eigenvalue weighted by molar-refractivity contribution is -0.192. The first kappa shape index (κ1) is 18.6. The first-order valence-electron chi connectivity index (χ1n) is 6.32. The van der Waals surface area contributed by atoms with Crippen molar-refractivity contribution >= 4 is 11.7 Å². The molecule has 1 fully saturated rings. The minimum absolute atomic E-state index is 0.234. The molecule has 1 heterocycles. The zero-order chi connectivity index (χ0) is 17.6. The molecule has 0 unspecified atom stereocenters. The van der Waals surface area contributed by atoms with Crippen molar-refractivity contribution in [2.24, 2.45) is 0 Å². The molecule has 23 heavy (non-hydrogen) atoms. The van der Waals surface area contributed by atoms with Gasteiger partial charge in [-0.3, -0.25) is 0 Å². The van der Waals surface area contributed by atoms with Crippen LogP contribution in [0, 0.1) is 23.0 Å². The summed E-state index contributed by atoms with van der Waals surface area (Å²) in [6.07, 6.45) is -5.08. The number of carboxylic acid groups (broad SMARTS) is 1. The Balaban J connectivity index is 0.000000322. The van der Waals surface area contributed by atoms with Crippen LogP contribution in [0.3, 0.4) is 0 Å². The predicted octanol–water partition coefficient (Wildman–Crippen LogP) is 1.88. The second kappa shape index (κ2) is 7.73. The van der Waals surface area contributed by atoms with Gasteiger partial charge in [-0.15, -0.1) is 0 Å². The minimum Gasteiger partial charge on any atom is -0.475 e. The molecule has 5 nitrogen and oxygen atoms in total. The van der Waals surface area contributed by atoms with E-state index in [0.29, 0.717) is 13.1 Å². The lowest BCUT2D eigenvalue weighted by Crippen LogP contribution is -2.44. The molecule has 2 N–H and O–H groups in total. The van der Waals surface area contributed by atoms with Gasteiger partial charge in [0.15, 0.2) is 11.6 Å². The number of carboxylic acids is 1. The Morgan fingerprint density at radius 2 is 1.74 bits per heavy atom. The number of nitriles is 1. The van der Waals surface area contributed by atoms with Gasteiger partial charge in [0.25, 0.3) is 0 Å². The summed E-state index contributed by atoms with van der Waals surface area (Å²) in [7, 11) is 0. The van der Waals surface area contributed by atoms with Gasteiger partial charge in [0, 0.05) is 26.2 Å². The molecule has 1 aromatic rings. The molecule has 1 aliphatic heterocycles. The van der Waals surface area contributed by atoms with E-state index < -0.39 is 23.8 Å². The van der Waals surface area contributed by atoms with E-state index >= 15 is 0 Å². The number of alkyl halides is 3. The summed E-state index contributed by atoms with van der Waals surface area (Å²) in [5.74, 6) is -4.74. The van der Waals surface area contributed by atoms with Gasteiger partial charge in [0.05, 0.1) is 11.3 Å². The SMILES string of the molecule is N#Cc1ccc(N2CCNCC2)c(F)c1F.O=C(O)C(F)(F)F. The number of halogens is 5. The summed E-state index contributed by atoms with van der Waals surface area (Å²) in [5, 5.41) is 18.8. The highest BCUT2D eigenvalue weighted by Crippen LogP contribution is 2.24. The zero-order valence-electron chi connectivity index (χ0n) is 11.6. The normalized spacial score (nSPS) is 14.5. The average Bonchev–Trinajstić information content (AvgIpc) is 2.50. The van der Waals surface area contributed by atoms with E-state index in [2.05, 4.69) is 5.32 Å². The van der Waals surface area contributed by atoms with E-state index in [9.17, 15) is 22.0 Å². The second-order valence-electron chi connectivity index (χ2n) is 4.41. The van der Waals surface area contributed by atoms with E-state index in [1.807, 2.05) is 0 Å². The third-order valence-corrected chi connectivity index (χ3v) is 2.88. The van der Waals surface area contributed by atoms with Gasteiger partial charge in [0.2, 0.25) is 0 Å². The van der Waals surface area contributed by atoms with Crippen LogP contribution in [0.25, 0.3) is 0 Å². The Morgan fingerprint density at radius 1 is 1.22 bits per heavy atom. The summed E-state index contributed by atoms with van der Waals surface area (Å²) in [4.78, 5) is 10.7. The highest BCUT2D eigenvalue weighted by atomic mass is 19.4. The van der Waals surface area contributed by atoms with E-state index in [-0.39, 0.29) is 11.3 Å². The first-order valence-corrected chi connectivity index (χ1v) is 6.32. The molecular weight excluding hydrogens is 325 g/mol. The summed E-state index contributed by atoms with van der Waals surface area (Å²) in [5.41, 5.74) is -0.0191. The third-order valence-electron chi connectivity index (χ3n) is 2.88. The number of benzene rings is 1. The molecule has 2 rings (SSSR count). The number of nitrogens with one attached hydrogen (secondary N) is 1. The first-order chi connectivity index (χ1) is 10.7. The summed E-state index contributed by atoms with van der Waals surface area (Å²) < 4.78 is 58.8. The van der Waals surface area contributed by atoms with Crippen LogP contribution in [0.5, 0.6) is 0 Å². The fourth-order valence-corrected chi connectivity index (χ4v) is 1.78. The topological polar surface area (TPSA) is 76.4 Å². The fourth-order valence-electron chi connectivity index (χ4n) is 1.78. The Bertz CT molecular complexity index is 607. The number of nitrogens with zero attached hydrogens (tertiary/aromatic N) is 2. The van der Waals surface area contributed by atoms with Crippen molar-refractivity contribution in [1.29, 1.82) is 5.26 Å². The molecule has 1 aliphatic rings. The number of hydrogen-bond acceptors (Lipinski definition) is 4. The summed E-state index contributed by atoms with van der Waals surface area (Å²) >= 11 is 0. The maximum absolute atomic E-state index is 13.6. The third kappa shape index (κ3) is 5.07. The molecule has 0 aliphatic carbocycles. The molecule has 0 aromatic heterocycles. The van der Waals surface area contributed by atoms with E-state index in [1.54, 1.807) is 11.0 Å². The van der Waals surface area contributed by atoms with Gasteiger partial charge in [-0.2, -0.15) is 18.4 Å². The van der Waals surface area contributed by atoms with Crippen LogP contribution in [0.2, 0.25) is 0 Å². The molecule has 1 saturated heterocycles. The number of hydrogen-bond donors (Lipinski definition) is 2. The van der Waals surface area contributed by atoms with Crippen molar-refractivity contribution in [2.45, 2.75) is 6.18 Å².